The molecule has 1 unspecified atom stereocenters. The molecule has 0 amide bonds. The summed E-state index contributed by atoms with van der Waals surface area (Å²) in [4.78, 5) is 11.9. The van der Waals surface area contributed by atoms with E-state index in [2.05, 4.69) is 31.2 Å². The fraction of sp³-hybridized carbons (Fsp3) is 0.783. The van der Waals surface area contributed by atoms with Crippen molar-refractivity contribution in [3.8, 4) is 0 Å². The molecular weight excluding hydrogens is 308 g/mol. The van der Waals surface area contributed by atoms with Gasteiger partial charge in [-0.1, -0.05) is 89.4 Å². The van der Waals surface area contributed by atoms with Crippen LogP contribution in [0.5, 0.6) is 0 Å². The van der Waals surface area contributed by atoms with Crippen molar-refractivity contribution in [2.45, 2.75) is 116 Å². The summed E-state index contributed by atoms with van der Waals surface area (Å²) in [6.45, 7) is 2.26. The highest BCUT2D eigenvalue weighted by Gasteiger charge is 2.11. The van der Waals surface area contributed by atoms with Gasteiger partial charge < -0.3 is 4.74 Å². The van der Waals surface area contributed by atoms with E-state index in [1.54, 1.807) is 0 Å². The molecule has 1 fully saturated rings. The molecule has 0 saturated carbocycles. The smallest absolute Gasteiger partial charge is 0.306 e. The highest BCUT2D eigenvalue weighted by Crippen LogP contribution is 2.16. The zero-order valence-electron chi connectivity index (χ0n) is 16.5. The van der Waals surface area contributed by atoms with Gasteiger partial charge in [-0.2, -0.15) is 0 Å². The molecule has 2 nitrogen and oxygen atoms in total. The molecule has 0 aliphatic carbocycles. The number of allylic oxidation sites excluding steroid dienone is 3. The Morgan fingerprint density at radius 2 is 1.56 bits per heavy atom. The lowest BCUT2D eigenvalue weighted by Crippen LogP contribution is -2.16. The lowest BCUT2D eigenvalue weighted by molar-refractivity contribution is -0.147. The molecule has 1 atom stereocenters. The number of unbranched alkanes of at least 4 members (excludes halogenated alkanes) is 6. The van der Waals surface area contributed by atoms with Crippen LogP contribution in [0.15, 0.2) is 24.3 Å². The van der Waals surface area contributed by atoms with Gasteiger partial charge in [-0.15, -0.1) is 0 Å². The maximum absolute atomic E-state index is 11.9. The third-order valence-corrected chi connectivity index (χ3v) is 4.95. The first-order valence-electron chi connectivity index (χ1n) is 10.9. The van der Waals surface area contributed by atoms with Gasteiger partial charge >= 0.3 is 5.97 Å². The van der Waals surface area contributed by atoms with Crippen molar-refractivity contribution in [3.05, 3.63) is 24.3 Å². The first-order chi connectivity index (χ1) is 12.3. The SMILES string of the molecule is CCCCCCCCC=CC=CC1CCCCCCCCCC(=O)O1. The van der Waals surface area contributed by atoms with Gasteiger partial charge in [0.25, 0.3) is 0 Å². The van der Waals surface area contributed by atoms with Crippen LogP contribution in [0.25, 0.3) is 0 Å². The van der Waals surface area contributed by atoms with Crippen LogP contribution in [0, 0.1) is 0 Å². The summed E-state index contributed by atoms with van der Waals surface area (Å²) in [5.41, 5.74) is 0. The Balaban J connectivity index is 2.23. The van der Waals surface area contributed by atoms with E-state index in [0.717, 1.165) is 32.1 Å². The van der Waals surface area contributed by atoms with Crippen molar-refractivity contribution in [2.75, 3.05) is 0 Å². The van der Waals surface area contributed by atoms with Crippen LogP contribution < -0.4 is 0 Å². The standard InChI is InChI=1S/C23H40O2/c1-2-3-4-5-6-7-8-10-13-16-19-22-20-17-14-11-9-12-15-18-21-23(24)25-22/h10,13,16,19,22H,2-9,11-12,14-15,17-18,20-21H2,1H3. The van der Waals surface area contributed by atoms with Crippen LogP contribution in [0.1, 0.15) is 110 Å². The molecule has 1 aliphatic heterocycles. The monoisotopic (exact) mass is 348 g/mol. The largest absolute Gasteiger partial charge is 0.458 e. The molecule has 0 radical (unpaired) electrons. The Kier molecular flexibility index (Phi) is 14.4. The summed E-state index contributed by atoms with van der Waals surface area (Å²) in [6, 6.07) is 0. The number of carbonyl (C=O) groups is 1. The predicted molar refractivity (Wildman–Crippen MR) is 108 cm³/mol. The van der Waals surface area contributed by atoms with Crippen molar-refractivity contribution in [3.63, 3.8) is 0 Å². The molecule has 1 heterocycles. The van der Waals surface area contributed by atoms with E-state index >= 15 is 0 Å². The highest BCUT2D eigenvalue weighted by molar-refractivity contribution is 5.69. The van der Waals surface area contributed by atoms with Gasteiger partial charge in [0.15, 0.2) is 0 Å². The number of rotatable bonds is 9. The Labute approximate surface area is 156 Å². The number of carbonyl (C=O) groups excluding carboxylic acids is 1. The lowest BCUT2D eigenvalue weighted by atomic mass is 10.0. The summed E-state index contributed by atoms with van der Waals surface area (Å²) in [5.74, 6) is -0.0220. The number of cyclic esters (lactones) is 1. The predicted octanol–water partition coefficient (Wildman–Crippen LogP) is 7.29. The van der Waals surface area contributed by atoms with Crippen LogP contribution in [0.3, 0.4) is 0 Å². The average molecular weight is 349 g/mol. The van der Waals surface area contributed by atoms with E-state index in [1.165, 1.54) is 64.2 Å². The van der Waals surface area contributed by atoms with Gasteiger partial charge in [0.05, 0.1) is 0 Å². The molecular formula is C23H40O2. The molecule has 0 aromatic rings. The second-order valence-corrected chi connectivity index (χ2v) is 7.41. The van der Waals surface area contributed by atoms with Gasteiger partial charge in [0, 0.05) is 6.42 Å². The fourth-order valence-corrected chi connectivity index (χ4v) is 3.33. The molecule has 0 bridgehead atoms. The van der Waals surface area contributed by atoms with E-state index in [1.807, 2.05) is 0 Å². The average Bonchev–Trinajstić information content (AvgIpc) is 2.60. The topological polar surface area (TPSA) is 26.3 Å². The summed E-state index contributed by atoms with van der Waals surface area (Å²) < 4.78 is 5.65. The molecule has 0 aromatic heterocycles. The molecule has 0 aromatic carbocycles. The van der Waals surface area contributed by atoms with Crippen LogP contribution in [0.2, 0.25) is 0 Å². The molecule has 25 heavy (non-hydrogen) atoms. The molecule has 144 valence electrons. The third kappa shape index (κ3) is 13.9. The van der Waals surface area contributed by atoms with Crippen LogP contribution >= 0.6 is 0 Å². The first-order valence-corrected chi connectivity index (χ1v) is 10.9. The normalized spacial score (nSPS) is 21.2. The van der Waals surface area contributed by atoms with Gasteiger partial charge in [0.2, 0.25) is 0 Å². The zero-order chi connectivity index (χ0) is 18.0. The maximum atomic E-state index is 11.9. The quantitative estimate of drug-likeness (QED) is 0.248. The minimum absolute atomic E-state index is 0.0220. The Hall–Kier alpha value is -1.05. The Morgan fingerprint density at radius 1 is 0.880 bits per heavy atom. The third-order valence-electron chi connectivity index (χ3n) is 4.95. The van der Waals surface area contributed by atoms with Gasteiger partial charge in [-0.3, -0.25) is 4.79 Å². The van der Waals surface area contributed by atoms with Crippen LogP contribution in [0.4, 0.5) is 0 Å². The Morgan fingerprint density at radius 3 is 2.36 bits per heavy atom. The van der Waals surface area contributed by atoms with Crippen LogP contribution in [-0.4, -0.2) is 12.1 Å². The fourth-order valence-electron chi connectivity index (χ4n) is 3.33. The van der Waals surface area contributed by atoms with Crippen molar-refractivity contribution >= 4 is 5.97 Å². The van der Waals surface area contributed by atoms with Crippen LogP contribution in [-0.2, 0) is 9.53 Å². The summed E-state index contributed by atoms with van der Waals surface area (Å²) in [7, 11) is 0. The number of ether oxygens (including phenoxy) is 1. The lowest BCUT2D eigenvalue weighted by Gasteiger charge is -2.15. The minimum atomic E-state index is -0.0365. The van der Waals surface area contributed by atoms with E-state index in [9.17, 15) is 4.79 Å². The minimum Gasteiger partial charge on any atom is -0.458 e. The molecule has 1 rings (SSSR count). The summed E-state index contributed by atoms with van der Waals surface area (Å²) in [5, 5.41) is 0. The second-order valence-electron chi connectivity index (χ2n) is 7.41. The second kappa shape index (κ2) is 16.4. The summed E-state index contributed by atoms with van der Waals surface area (Å²) >= 11 is 0. The molecule has 1 saturated heterocycles. The van der Waals surface area contributed by atoms with Gasteiger partial charge in [0.1, 0.15) is 6.10 Å². The number of hydrogen-bond donors (Lipinski definition) is 0. The molecule has 0 N–H and O–H groups in total. The van der Waals surface area contributed by atoms with Crippen molar-refractivity contribution in [2.24, 2.45) is 0 Å². The van der Waals surface area contributed by atoms with E-state index in [4.69, 9.17) is 4.74 Å². The van der Waals surface area contributed by atoms with Crippen molar-refractivity contribution in [1.82, 2.24) is 0 Å². The van der Waals surface area contributed by atoms with Gasteiger partial charge in [-0.25, -0.2) is 0 Å². The maximum Gasteiger partial charge on any atom is 0.306 e. The molecule has 1 aliphatic rings. The van der Waals surface area contributed by atoms with E-state index in [-0.39, 0.29) is 12.1 Å². The van der Waals surface area contributed by atoms with E-state index in [0.29, 0.717) is 6.42 Å². The number of hydrogen-bond acceptors (Lipinski definition) is 2. The molecule has 2 heteroatoms. The van der Waals surface area contributed by atoms with Crippen molar-refractivity contribution in [1.29, 1.82) is 0 Å². The number of esters is 1. The van der Waals surface area contributed by atoms with Gasteiger partial charge in [-0.05, 0) is 38.2 Å². The first kappa shape index (κ1) is 22.0. The highest BCUT2D eigenvalue weighted by atomic mass is 16.5. The summed E-state index contributed by atoms with van der Waals surface area (Å²) in [6.07, 6.45) is 27.7. The molecule has 0 spiro atoms. The van der Waals surface area contributed by atoms with Crippen molar-refractivity contribution < 1.29 is 9.53 Å². The Bertz CT molecular complexity index is 370. The van der Waals surface area contributed by atoms with E-state index < -0.39 is 0 Å². The zero-order valence-corrected chi connectivity index (χ0v) is 16.5.